The molecule has 18 heavy (non-hydrogen) atoms. The highest BCUT2D eigenvalue weighted by molar-refractivity contribution is 5.91. The van der Waals surface area contributed by atoms with Crippen LogP contribution in [0.1, 0.15) is 12.5 Å². The third-order valence-corrected chi connectivity index (χ3v) is 3.23. The van der Waals surface area contributed by atoms with Crippen LogP contribution in [0.2, 0.25) is 0 Å². The van der Waals surface area contributed by atoms with Gasteiger partial charge in [-0.05, 0) is 24.1 Å². The summed E-state index contributed by atoms with van der Waals surface area (Å²) in [5, 5.41) is 2.96. The standard InChI is InChI=1S/C14H20N2O2/c1-2-12-4-3-5-13(10-12)15-14(17)11-16-6-8-18-9-7-16/h3-5,10H,2,6-9,11H2,1H3,(H,15,17)/p+1. The second-order valence-electron chi connectivity index (χ2n) is 4.64. The summed E-state index contributed by atoms with van der Waals surface area (Å²) < 4.78 is 5.28. The zero-order chi connectivity index (χ0) is 12.8. The molecule has 0 saturated carbocycles. The lowest BCUT2D eigenvalue weighted by Gasteiger charge is -2.23. The number of hydrogen-bond donors (Lipinski definition) is 2. The number of morpholine rings is 1. The number of nitrogens with one attached hydrogen (secondary N) is 2. The molecule has 0 bridgehead atoms. The first-order valence-corrected chi connectivity index (χ1v) is 6.58. The molecule has 0 spiro atoms. The zero-order valence-corrected chi connectivity index (χ0v) is 10.9. The van der Waals surface area contributed by atoms with Crippen LogP contribution in [0.5, 0.6) is 0 Å². The van der Waals surface area contributed by atoms with Crippen molar-refractivity contribution in [3.05, 3.63) is 29.8 Å². The molecule has 1 aliphatic rings. The molecular formula is C14H21N2O2+. The maximum atomic E-state index is 11.9. The predicted octanol–water partition coefficient (Wildman–Crippen LogP) is 0.103. The van der Waals surface area contributed by atoms with E-state index in [-0.39, 0.29) is 5.91 Å². The first kappa shape index (κ1) is 13.1. The Morgan fingerprint density at radius 2 is 2.17 bits per heavy atom. The number of ether oxygens (including phenoxy) is 1. The summed E-state index contributed by atoms with van der Waals surface area (Å²) in [5.41, 5.74) is 2.14. The van der Waals surface area contributed by atoms with Crippen LogP contribution in [0.25, 0.3) is 0 Å². The van der Waals surface area contributed by atoms with Crippen LogP contribution in [0, 0.1) is 0 Å². The van der Waals surface area contributed by atoms with Crippen molar-refractivity contribution >= 4 is 11.6 Å². The van der Waals surface area contributed by atoms with Crippen LogP contribution in [0.3, 0.4) is 0 Å². The van der Waals surface area contributed by atoms with Gasteiger partial charge in [0.1, 0.15) is 13.1 Å². The van der Waals surface area contributed by atoms with E-state index in [9.17, 15) is 4.79 Å². The summed E-state index contributed by atoms with van der Waals surface area (Å²) >= 11 is 0. The number of rotatable bonds is 4. The first-order chi connectivity index (χ1) is 8.78. The highest BCUT2D eigenvalue weighted by Gasteiger charge is 2.17. The van der Waals surface area contributed by atoms with E-state index >= 15 is 0 Å². The van der Waals surface area contributed by atoms with Crippen molar-refractivity contribution in [2.24, 2.45) is 0 Å². The number of hydrogen-bond acceptors (Lipinski definition) is 2. The smallest absolute Gasteiger partial charge is 0.279 e. The van der Waals surface area contributed by atoms with Gasteiger partial charge in [-0.15, -0.1) is 0 Å². The van der Waals surface area contributed by atoms with Gasteiger partial charge in [-0.1, -0.05) is 19.1 Å². The number of aryl methyl sites for hydroxylation is 1. The number of benzene rings is 1. The number of anilines is 1. The molecule has 1 aromatic carbocycles. The molecule has 1 amide bonds. The SMILES string of the molecule is CCc1cccc(NC(=O)C[NH+]2CCOCC2)c1. The van der Waals surface area contributed by atoms with E-state index in [0.29, 0.717) is 6.54 Å². The van der Waals surface area contributed by atoms with Crippen molar-refractivity contribution in [1.82, 2.24) is 0 Å². The zero-order valence-electron chi connectivity index (χ0n) is 10.9. The van der Waals surface area contributed by atoms with E-state index in [1.807, 2.05) is 18.2 Å². The Kier molecular flexibility index (Phi) is 4.73. The molecule has 1 aliphatic heterocycles. The Morgan fingerprint density at radius 1 is 1.39 bits per heavy atom. The molecule has 98 valence electrons. The molecule has 0 radical (unpaired) electrons. The molecule has 4 nitrogen and oxygen atoms in total. The average Bonchev–Trinajstić information content (AvgIpc) is 2.40. The largest absolute Gasteiger partial charge is 0.370 e. The van der Waals surface area contributed by atoms with Gasteiger partial charge in [0.05, 0.1) is 13.2 Å². The van der Waals surface area contributed by atoms with Crippen LogP contribution in [0.4, 0.5) is 5.69 Å². The fourth-order valence-corrected chi connectivity index (χ4v) is 2.14. The van der Waals surface area contributed by atoms with E-state index in [2.05, 4.69) is 18.3 Å². The van der Waals surface area contributed by atoms with Gasteiger partial charge in [-0.3, -0.25) is 4.79 Å². The van der Waals surface area contributed by atoms with Crippen molar-refractivity contribution in [2.45, 2.75) is 13.3 Å². The Morgan fingerprint density at radius 3 is 2.89 bits per heavy atom. The van der Waals surface area contributed by atoms with Gasteiger partial charge in [0.25, 0.3) is 5.91 Å². The van der Waals surface area contributed by atoms with Gasteiger partial charge in [-0.2, -0.15) is 0 Å². The van der Waals surface area contributed by atoms with Crippen LogP contribution in [0.15, 0.2) is 24.3 Å². The van der Waals surface area contributed by atoms with E-state index in [0.717, 1.165) is 38.4 Å². The topological polar surface area (TPSA) is 42.8 Å². The minimum atomic E-state index is 0.0835. The van der Waals surface area contributed by atoms with Gasteiger partial charge >= 0.3 is 0 Å². The van der Waals surface area contributed by atoms with Crippen LogP contribution in [-0.2, 0) is 16.0 Å². The third-order valence-electron chi connectivity index (χ3n) is 3.23. The third kappa shape index (κ3) is 3.82. The summed E-state index contributed by atoms with van der Waals surface area (Å²) in [6.07, 6.45) is 0.985. The second kappa shape index (κ2) is 6.52. The first-order valence-electron chi connectivity index (χ1n) is 6.58. The lowest BCUT2D eigenvalue weighted by molar-refractivity contribution is -0.899. The van der Waals surface area contributed by atoms with Crippen molar-refractivity contribution in [3.8, 4) is 0 Å². The maximum absolute atomic E-state index is 11.9. The molecule has 0 unspecified atom stereocenters. The molecule has 4 heteroatoms. The van der Waals surface area contributed by atoms with Gasteiger partial charge < -0.3 is 15.0 Å². The molecule has 1 saturated heterocycles. The fraction of sp³-hybridized carbons (Fsp3) is 0.500. The monoisotopic (exact) mass is 249 g/mol. The van der Waals surface area contributed by atoms with Gasteiger partial charge in [0.15, 0.2) is 6.54 Å². The van der Waals surface area contributed by atoms with E-state index < -0.39 is 0 Å². The van der Waals surface area contributed by atoms with Gasteiger partial charge in [0, 0.05) is 5.69 Å². The highest BCUT2D eigenvalue weighted by atomic mass is 16.5. The number of carbonyl (C=O) groups is 1. The predicted molar refractivity (Wildman–Crippen MR) is 70.8 cm³/mol. The summed E-state index contributed by atoms with van der Waals surface area (Å²) in [6, 6.07) is 8.02. The molecule has 1 fully saturated rings. The van der Waals surface area contributed by atoms with Crippen LogP contribution in [-0.4, -0.2) is 38.8 Å². The second-order valence-corrected chi connectivity index (χ2v) is 4.64. The molecular weight excluding hydrogens is 228 g/mol. The van der Waals surface area contributed by atoms with Crippen molar-refractivity contribution < 1.29 is 14.4 Å². The quantitative estimate of drug-likeness (QED) is 0.795. The average molecular weight is 249 g/mol. The normalized spacial score (nSPS) is 16.5. The minimum absolute atomic E-state index is 0.0835. The minimum Gasteiger partial charge on any atom is -0.370 e. The van der Waals surface area contributed by atoms with Crippen molar-refractivity contribution in [2.75, 3.05) is 38.2 Å². The maximum Gasteiger partial charge on any atom is 0.279 e. The summed E-state index contributed by atoms with van der Waals surface area (Å²) in [5.74, 6) is 0.0835. The van der Waals surface area contributed by atoms with Crippen LogP contribution < -0.4 is 10.2 Å². The van der Waals surface area contributed by atoms with Crippen molar-refractivity contribution in [1.29, 1.82) is 0 Å². The van der Waals surface area contributed by atoms with E-state index in [1.54, 1.807) is 0 Å². The Labute approximate surface area is 108 Å². The molecule has 2 N–H and O–H groups in total. The molecule has 1 aromatic rings. The van der Waals surface area contributed by atoms with Gasteiger partial charge in [-0.25, -0.2) is 0 Å². The Balaban J connectivity index is 1.85. The van der Waals surface area contributed by atoms with Gasteiger partial charge in [0.2, 0.25) is 0 Å². The number of amides is 1. The van der Waals surface area contributed by atoms with Crippen LogP contribution >= 0.6 is 0 Å². The number of carbonyl (C=O) groups excluding carboxylic acids is 1. The fourth-order valence-electron chi connectivity index (χ4n) is 2.14. The molecule has 1 heterocycles. The van der Waals surface area contributed by atoms with E-state index in [1.165, 1.54) is 10.5 Å². The Bertz CT molecular complexity index is 401. The van der Waals surface area contributed by atoms with Crippen molar-refractivity contribution in [3.63, 3.8) is 0 Å². The lowest BCUT2D eigenvalue weighted by atomic mass is 10.1. The molecule has 0 aliphatic carbocycles. The summed E-state index contributed by atoms with van der Waals surface area (Å²) in [6.45, 7) is 5.99. The Hall–Kier alpha value is -1.39. The summed E-state index contributed by atoms with van der Waals surface area (Å²) in [7, 11) is 0. The lowest BCUT2D eigenvalue weighted by Crippen LogP contribution is -3.15. The highest BCUT2D eigenvalue weighted by Crippen LogP contribution is 2.10. The molecule has 0 aromatic heterocycles. The summed E-state index contributed by atoms with van der Waals surface area (Å²) in [4.78, 5) is 13.2. The van der Waals surface area contributed by atoms with E-state index in [4.69, 9.17) is 4.74 Å². The molecule has 0 atom stereocenters. The number of quaternary nitrogens is 1. The molecule has 2 rings (SSSR count).